The molecule has 2 aliphatic heterocycles. The van der Waals surface area contributed by atoms with E-state index in [0.717, 1.165) is 0 Å². The summed E-state index contributed by atoms with van der Waals surface area (Å²) in [5.74, 6) is -9.73. The van der Waals surface area contributed by atoms with Crippen LogP contribution >= 0.6 is 11.8 Å². The number of urea groups is 1. The van der Waals surface area contributed by atoms with E-state index in [1.807, 2.05) is 0 Å². The number of amides is 11. The van der Waals surface area contributed by atoms with Gasteiger partial charge in [-0.1, -0.05) is 33.1 Å². The van der Waals surface area contributed by atoms with E-state index >= 15 is 0 Å². The van der Waals surface area contributed by atoms with Crippen molar-refractivity contribution in [2.45, 2.75) is 113 Å². The number of hydrogen-bond acceptors (Lipinski definition) is 14. The molecular formula is C40H63N11O16S. The van der Waals surface area contributed by atoms with Gasteiger partial charge in [-0.25, -0.2) is 9.59 Å². The van der Waals surface area contributed by atoms with Crippen LogP contribution in [0.15, 0.2) is 0 Å². The third-order valence-corrected chi connectivity index (χ3v) is 12.4. The summed E-state index contributed by atoms with van der Waals surface area (Å²) in [6.45, 7) is 0.281. The van der Waals surface area contributed by atoms with Gasteiger partial charge >= 0.3 is 23.9 Å². The first kappa shape index (κ1) is 57.4. The molecule has 0 aromatic carbocycles. The van der Waals surface area contributed by atoms with E-state index < -0.39 is 140 Å². The van der Waals surface area contributed by atoms with Gasteiger partial charge in [-0.3, -0.25) is 52.7 Å². The molecular weight excluding hydrogens is 923 g/mol. The molecule has 0 spiro atoms. The maximum absolute atomic E-state index is 13.4. The molecule has 68 heavy (non-hydrogen) atoms. The van der Waals surface area contributed by atoms with Crippen LogP contribution in [0.3, 0.4) is 0 Å². The molecule has 6 atom stereocenters. The summed E-state index contributed by atoms with van der Waals surface area (Å²) in [6.07, 6.45) is 2.46. The number of nitrogens with one attached hydrogen (secondary N) is 11. The molecule has 27 nitrogen and oxygen atoms in total. The lowest BCUT2D eigenvalue weighted by Gasteiger charge is -2.32. The molecule has 0 aliphatic carbocycles. The summed E-state index contributed by atoms with van der Waals surface area (Å²) in [5, 5.41) is 53.7. The Hall–Kier alpha value is -6.74. The highest BCUT2D eigenvalue weighted by Crippen LogP contribution is 2.44. The van der Waals surface area contributed by atoms with Crippen LogP contribution < -0.4 is 58.5 Å². The van der Waals surface area contributed by atoms with E-state index in [0.29, 0.717) is 57.2 Å². The summed E-state index contributed by atoms with van der Waals surface area (Å²) in [6, 6.07) is -3.65. The topological polar surface area (TPSA) is 415 Å². The minimum atomic E-state index is -1.50. The lowest BCUT2D eigenvalue weighted by atomic mass is 9.88. The third kappa shape index (κ3) is 21.3. The molecule has 0 bridgehead atoms. The van der Waals surface area contributed by atoms with Crippen LogP contribution in [0.25, 0.3) is 0 Å². The van der Waals surface area contributed by atoms with Crippen molar-refractivity contribution in [1.29, 1.82) is 0 Å². The van der Waals surface area contributed by atoms with Crippen LogP contribution in [-0.2, 0) is 57.5 Å². The molecule has 28 heteroatoms. The molecule has 2 saturated heterocycles. The smallest absolute Gasteiger partial charge is 0.326 e. The molecule has 2 rings (SSSR count). The first-order chi connectivity index (χ1) is 32.2. The van der Waals surface area contributed by atoms with E-state index in [1.54, 1.807) is 13.8 Å². The Morgan fingerprint density at radius 3 is 1.68 bits per heavy atom. The number of rotatable bonds is 33. The lowest BCUT2D eigenvalue weighted by molar-refractivity contribution is -0.143. The predicted molar refractivity (Wildman–Crippen MR) is 238 cm³/mol. The second-order valence-corrected chi connectivity index (χ2v) is 17.3. The second-order valence-electron chi connectivity index (χ2n) is 16.0. The number of unbranched alkanes of at least 4 members (excludes halogenated alkanes) is 3. The first-order valence-electron chi connectivity index (χ1n) is 22.0. The number of aliphatic carboxylic acids is 3. The van der Waals surface area contributed by atoms with Crippen molar-refractivity contribution in [3.05, 3.63) is 0 Å². The zero-order chi connectivity index (χ0) is 50.8. The molecule has 2 fully saturated rings. The van der Waals surface area contributed by atoms with Gasteiger partial charge in [-0.15, -0.1) is 11.8 Å². The Bertz CT molecular complexity index is 1870. The maximum atomic E-state index is 13.4. The van der Waals surface area contributed by atoms with Crippen LogP contribution in [-0.4, -0.2) is 173 Å². The molecule has 380 valence electrons. The van der Waals surface area contributed by atoms with Gasteiger partial charge in [-0.05, 0) is 38.0 Å². The number of carboxylic acids is 3. The zero-order valence-corrected chi connectivity index (χ0v) is 38.7. The van der Waals surface area contributed by atoms with Crippen molar-refractivity contribution in [3.8, 4) is 0 Å². The van der Waals surface area contributed by atoms with Gasteiger partial charge in [0.15, 0.2) is 0 Å². The first-order valence-corrected chi connectivity index (χ1v) is 23.0. The molecule has 2 aliphatic rings. The highest BCUT2D eigenvalue weighted by atomic mass is 32.2. The average Bonchev–Trinajstić information content (AvgIpc) is 3.84. The number of fused-ring (bicyclic) bond motifs is 1. The highest BCUT2D eigenvalue weighted by Gasteiger charge is 2.57. The average molecular weight is 986 g/mol. The SMILES string of the molecule is CC[C@H](C)[C@H](NC(=O)CNC(=O)CNC(=O)CNC(=O)CNC(=O)CNC(=O)CCCCCNC(=O)[C@@]1(CCCCC(=O)O)SC[C@@H]2NC(=O)N[C@@H]21)C(=O)NCC(=O)N[C@@H](CCC(=O)O)C(=O)O. The minimum absolute atomic E-state index is 0.0181. The number of carbonyl (C=O) groups is 13. The van der Waals surface area contributed by atoms with Crippen LogP contribution in [0.4, 0.5) is 4.79 Å². The number of carboxylic acid groups (broad SMARTS) is 3. The molecule has 0 saturated carbocycles. The molecule has 14 N–H and O–H groups in total. The molecule has 2 heterocycles. The van der Waals surface area contributed by atoms with E-state index in [2.05, 4.69) is 58.5 Å². The molecule has 0 unspecified atom stereocenters. The maximum Gasteiger partial charge on any atom is 0.326 e. The van der Waals surface area contributed by atoms with Crippen LogP contribution in [0.2, 0.25) is 0 Å². The fraction of sp³-hybridized carbons (Fsp3) is 0.675. The Labute approximate surface area is 395 Å². The summed E-state index contributed by atoms with van der Waals surface area (Å²) < 4.78 is -0.932. The zero-order valence-electron chi connectivity index (χ0n) is 37.9. The fourth-order valence-electron chi connectivity index (χ4n) is 6.80. The van der Waals surface area contributed by atoms with Gasteiger partial charge in [-0.2, -0.15) is 0 Å². The van der Waals surface area contributed by atoms with Gasteiger partial charge in [0.2, 0.25) is 53.2 Å². The van der Waals surface area contributed by atoms with E-state index in [1.165, 1.54) is 11.8 Å². The minimum Gasteiger partial charge on any atom is -0.481 e. The number of hydrogen-bond donors (Lipinski definition) is 14. The van der Waals surface area contributed by atoms with Crippen LogP contribution in [0.1, 0.15) is 84.5 Å². The predicted octanol–water partition coefficient (Wildman–Crippen LogP) is -4.49. The van der Waals surface area contributed by atoms with E-state index in [4.69, 9.17) is 10.2 Å². The Balaban J connectivity index is 1.59. The Morgan fingerprint density at radius 1 is 0.618 bits per heavy atom. The molecule has 0 aromatic heterocycles. The van der Waals surface area contributed by atoms with Crippen molar-refractivity contribution in [1.82, 2.24) is 58.5 Å². The van der Waals surface area contributed by atoms with Crippen molar-refractivity contribution < 1.29 is 77.6 Å². The lowest BCUT2D eigenvalue weighted by Crippen LogP contribution is -2.56. The monoisotopic (exact) mass is 985 g/mol. The van der Waals surface area contributed by atoms with Crippen molar-refractivity contribution in [3.63, 3.8) is 0 Å². The summed E-state index contributed by atoms with van der Waals surface area (Å²) >= 11 is 1.44. The quantitative estimate of drug-likeness (QED) is 0.0218. The van der Waals surface area contributed by atoms with Crippen LogP contribution in [0, 0.1) is 5.92 Å². The van der Waals surface area contributed by atoms with E-state index in [9.17, 15) is 67.4 Å². The fourth-order valence-corrected chi connectivity index (χ4v) is 8.45. The van der Waals surface area contributed by atoms with Gasteiger partial charge in [0, 0.05) is 31.6 Å². The Morgan fingerprint density at radius 2 is 1.13 bits per heavy atom. The van der Waals surface area contributed by atoms with Crippen LogP contribution in [0.5, 0.6) is 0 Å². The standard InChI is InChI=1S/C40H63N11O16S/c1-3-22(2)34(36(63)47-20-30(57)48-23(37(64)65)11-12-33(61)62)50-31(58)19-46-29(56)18-45-28(55)17-44-27(54)16-43-26(53)15-42-25(52)9-5-4-8-14-41-38(66)40(13-7-6-10-32(59)60)35-24(21-68-40)49-39(67)51-35/h22-24,34-35H,3-21H2,1-2H3,(H,41,66)(H,42,52)(H,43,53)(H,44,54)(H,45,55)(H,46,56)(H,47,63)(H,48,57)(H,50,58)(H,59,60)(H,61,62)(H,64,65)(H2,49,51,67)/t22-,23-,24-,34-,35-,40-/m0/s1. The Kier molecular flexibility index (Phi) is 25.2. The van der Waals surface area contributed by atoms with E-state index in [-0.39, 0.29) is 37.2 Å². The highest BCUT2D eigenvalue weighted by molar-refractivity contribution is 8.01. The van der Waals surface area contributed by atoms with Gasteiger partial charge in [0.1, 0.15) is 16.8 Å². The van der Waals surface area contributed by atoms with Gasteiger partial charge in [0.05, 0.1) is 51.4 Å². The van der Waals surface area contributed by atoms with Gasteiger partial charge in [0.25, 0.3) is 0 Å². The molecule has 0 radical (unpaired) electrons. The number of carbonyl (C=O) groups excluding carboxylic acids is 10. The second kappa shape index (κ2) is 29.8. The van der Waals surface area contributed by atoms with Crippen molar-refractivity contribution in [2.24, 2.45) is 5.92 Å². The third-order valence-electron chi connectivity index (χ3n) is 10.7. The van der Waals surface area contributed by atoms with Crippen molar-refractivity contribution >= 4 is 88.9 Å². The normalized spacial score (nSPS) is 18.1. The number of thioether (sulfide) groups is 1. The summed E-state index contributed by atoms with van der Waals surface area (Å²) in [4.78, 5) is 157. The largest absolute Gasteiger partial charge is 0.481 e. The summed E-state index contributed by atoms with van der Waals surface area (Å²) in [7, 11) is 0. The van der Waals surface area contributed by atoms with Crippen molar-refractivity contribution in [2.75, 3.05) is 51.6 Å². The molecule has 0 aromatic rings. The van der Waals surface area contributed by atoms with Gasteiger partial charge < -0.3 is 73.8 Å². The summed E-state index contributed by atoms with van der Waals surface area (Å²) in [5.41, 5.74) is 0. The molecule has 11 amide bonds.